The molecule has 0 bridgehead atoms. The second-order valence-electron chi connectivity index (χ2n) is 7.63. The van der Waals surface area contributed by atoms with E-state index in [1.54, 1.807) is 12.4 Å². The highest BCUT2D eigenvalue weighted by atomic mass is 16.5. The van der Waals surface area contributed by atoms with Crippen molar-refractivity contribution in [2.24, 2.45) is 0 Å². The van der Waals surface area contributed by atoms with E-state index in [0.29, 0.717) is 30.6 Å². The summed E-state index contributed by atoms with van der Waals surface area (Å²) in [5.74, 6) is 1.54. The summed E-state index contributed by atoms with van der Waals surface area (Å²) in [5, 5.41) is 0. The topological polar surface area (TPSA) is 117 Å². The molecule has 0 saturated carbocycles. The second-order valence-corrected chi connectivity index (χ2v) is 7.63. The molecular formula is C18H22N8O2. The molecule has 28 heavy (non-hydrogen) atoms. The number of ether oxygens (including phenoxy) is 2. The Morgan fingerprint density at radius 2 is 1.79 bits per heavy atom. The minimum absolute atomic E-state index is 0.218. The Morgan fingerprint density at radius 3 is 2.54 bits per heavy atom. The molecule has 3 aromatic heterocycles. The van der Waals surface area contributed by atoms with E-state index in [0.717, 1.165) is 43.0 Å². The lowest BCUT2D eigenvalue weighted by atomic mass is 10.0. The Labute approximate surface area is 161 Å². The van der Waals surface area contributed by atoms with E-state index in [4.69, 9.17) is 30.2 Å². The van der Waals surface area contributed by atoms with Crippen molar-refractivity contribution in [2.45, 2.75) is 32.4 Å². The van der Waals surface area contributed by atoms with E-state index >= 15 is 0 Å². The molecule has 0 unspecified atom stereocenters. The molecule has 10 nitrogen and oxygen atoms in total. The molecule has 1 fully saturated rings. The summed E-state index contributed by atoms with van der Waals surface area (Å²) in [4.78, 5) is 24.7. The summed E-state index contributed by atoms with van der Waals surface area (Å²) in [5.41, 5.74) is 7.58. The van der Waals surface area contributed by atoms with Crippen LogP contribution in [0.4, 0.5) is 11.8 Å². The third-order valence-electron chi connectivity index (χ3n) is 5.09. The number of nitrogen functional groups attached to an aromatic ring is 1. The van der Waals surface area contributed by atoms with Crippen LogP contribution in [-0.2, 0) is 11.3 Å². The second kappa shape index (κ2) is 6.26. The molecule has 0 aliphatic carbocycles. The van der Waals surface area contributed by atoms with Crippen molar-refractivity contribution in [1.82, 2.24) is 29.5 Å². The van der Waals surface area contributed by atoms with E-state index < -0.39 is 0 Å². The normalized spacial score (nSPS) is 18.7. The summed E-state index contributed by atoms with van der Waals surface area (Å²) in [7, 11) is 0. The highest BCUT2D eigenvalue weighted by molar-refractivity contribution is 5.87. The fraction of sp³-hybridized carbons (Fsp3) is 0.500. The average Bonchev–Trinajstić information content (AvgIpc) is 3.04. The van der Waals surface area contributed by atoms with Crippen molar-refractivity contribution in [1.29, 1.82) is 0 Å². The first-order chi connectivity index (χ1) is 13.5. The number of hydrogen-bond acceptors (Lipinski definition) is 9. The van der Waals surface area contributed by atoms with E-state index in [1.165, 1.54) is 0 Å². The van der Waals surface area contributed by atoms with Crippen LogP contribution in [0, 0.1) is 0 Å². The Kier molecular flexibility index (Phi) is 3.83. The standard InChI is InChI=1S/C18H22N8O2/c1-18(2)3-4-26-15-12(22-17(26)28-18)14(25-5-7-27-8-6-25)23-13(24-15)11-9-20-16(19)21-10-11/h9-10H,3-8H2,1-2H3,(H2,19,20,21). The average molecular weight is 382 g/mol. The molecule has 0 amide bonds. The number of aromatic nitrogens is 6. The first kappa shape index (κ1) is 17.1. The molecule has 0 atom stereocenters. The Morgan fingerprint density at radius 1 is 1.04 bits per heavy atom. The van der Waals surface area contributed by atoms with Crippen molar-refractivity contribution in [2.75, 3.05) is 36.9 Å². The van der Waals surface area contributed by atoms with Gasteiger partial charge >= 0.3 is 0 Å². The molecule has 2 aliphatic rings. The lowest BCUT2D eigenvalue weighted by Gasteiger charge is -2.30. The molecular weight excluding hydrogens is 360 g/mol. The smallest absolute Gasteiger partial charge is 0.299 e. The molecule has 0 spiro atoms. The fourth-order valence-electron chi connectivity index (χ4n) is 3.50. The first-order valence-corrected chi connectivity index (χ1v) is 9.38. The summed E-state index contributed by atoms with van der Waals surface area (Å²) in [6, 6.07) is 0.584. The van der Waals surface area contributed by atoms with Gasteiger partial charge in [0.2, 0.25) is 5.95 Å². The molecule has 146 valence electrons. The van der Waals surface area contributed by atoms with Gasteiger partial charge in [-0.05, 0) is 13.8 Å². The maximum atomic E-state index is 6.11. The summed E-state index contributed by atoms with van der Waals surface area (Å²) in [6.07, 6.45) is 4.15. The Hall–Kier alpha value is -3.01. The number of nitrogens with two attached hydrogens (primary N) is 1. The van der Waals surface area contributed by atoms with E-state index in [2.05, 4.69) is 28.7 Å². The highest BCUT2D eigenvalue weighted by Crippen LogP contribution is 2.35. The van der Waals surface area contributed by atoms with Gasteiger partial charge in [0, 0.05) is 38.4 Å². The molecule has 2 aliphatic heterocycles. The van der Waals surface area contributed by atoms with Gasteiger partial charge < -0.3 is 20.1 Å². The minimum atomic E-state index is -0.252. The van der Waals surface area contributed by atoms with Crippen LogP contribution in [0.15, 0.2) is 12.4 Å². The van der Waals surface area contributed by atoms with Crippen LogP contribution in [0.2, 0.25) is 0 Å². The minimum Gasteiger partial charge on any atom is -0.459 e. The third kappa shape index (κ3) is 2.89. The fourth-order valence-corrected chi connectivity index (χ4v) is 3.50. The van der Waals surface area contributed by atoms with Gasteiger partial charge in [0.1, 0.15) is 5.60 Å². The molecule has 5 heterocycles. The number of nitrogens with zero attached hydrogens (tertiary/aromatic N) is 7. The Balaban J connectivity index is 1.70. The van der Waals surface area contributed by atoms with Crippen molar-refractivity contribution < 1.29 is 9.47 Å². The number of morpholine rings is 1. The van der Waals surface area contributed by atoms with Gasteiger partial charge in [-0.15, -0.1) is 0 Å². The van der Waals surface area contributed by atoms with Crippen LogP contribution in [0.3, 0.4) is 0 Å². The number of fused-ring (bicyclic) bond motifs is 3. The van der Waals surface area contributed by atoms with Gasteiger partial charge in [-0.25, -0.2) is 19.9 Å². The number of anilines is 2. The molecule has 2 N–H and O–H groups in total. The number of hydrogen-bond donors (Lipinski definition) is 1. The summed E-state index contributed by atoms with van der Waals surface area (Å²) in [6.45, 7) is 7.74. The molecule has 1 saturated heterocycles. The summed E-state index contributed by atoms with van der Waals surface area (Å²) >= 11 is 0. The van der Waals surface area contributed by atoms with Crippen LogP contribution in [0.25, 0.3) is 22.6 Å². The largest absolute Gasteiger partial charge is 0.459 e. The van der Waals surface area contributed by atoms with Gasteiger partial charge in [-0.2, -0.15) is 4.98 Å². The number of rotatable bonds is 2. The molecule has 10 heteroatoms. The maximum Gasteiger partial charge on any atom is 0.299 e. The van der Waals surface area contributed by atoms with E-state index in [-0.39, 0.29) is 11.5 Å². The van der Waals surface area contributed by atoms with Crippen molar-refractivity contribution >= 4 is 22.9 Å². The van der Waals surface area contributed by atoms with Crippen molar-refractivity contribution in [3.8, 4) is 17.4 Å². The van der Waals surface area contributed by atoms with Crippen LogP contribution in [0.1, 0.15) is 20.3 Å². The zero-order valence-electron chi connectivity index (χ0n) is 15.9. The molecule has 5 rings (SSSR count). The summed E-state index contributed by atoms with van der Waals surface area (Å²) < 4.78 is 13.6. The Bertz CT molecular complexity index is 1020. The molecule has 3 aromatic rings. The van der Waals surface area contributed by atoms with Crippen LogP contribution >= 0.6 is 0 Å². The SMILES string of the molecule is CC1(C)CCn2c(nc3c(N4CCOCC4)nc(-c4cnc(N)nc4)nc32)O1. The van der Waals surface area contributed by atoms with Gasteiger partial charge in [0.25, 0.3) is 6.01 Å². The van der Waals surface area contributed by atoms with Crippen LogP contribution in [-0.4, -0.2) is 61.4 Å². The van der Waals surface area contributed by atoms with Crippen molar-refractivity contribution in [3.05, 3.63) is 12.4 Å². The zero-order valence-corrected chi connectivity index (χ0v) is 15.9. The van der Waals surface area contributed by atoms with Gasteiger partial charge in [-0.3, -0.25) is 4.57 Å². The quantitative estimate of drug-likeness (QED) is 0.699. The zero-order chi connectivity index (χ0) is 19.3. The molecule has 0 aromatic carbocycles. The number of imidazole rings is 1. The molecule has 0 radical (unpaired) electrons. The lowest BCUT2D eigenvalue weighted by Crippen LogP contribution is -2.37. The first-order valence-electron chi connectivity index (χ1n) is 9.38. The predicted molar refractivity (Wildman–Crippen MR) is 103 cm³/mol. The van der Waals surface area contributed by atoms with Crippen LogP contribution < -0.4 is 15.4 Å². The van der Waals surface area contributed by atoms with E-state index in [9.17, 15) is 0 Å². The van der Waals surface area contributed by atoms with Crippen molar-refractivity contribution in [3.63, 3.8) is 0 Å². The third-order valence-corrected chi connectivity index (χ3v) is 5.09. The van der Waals surface area contributed by atoms with Gasteiger partial charge in [-0.1, -0.05) is 0 Å². The maximum absolute atomic E-state index is 6.11. The lowest BCUT2D eigenvalue weighted by molar-refractivity contribution is 0.0535. The number of aryl methyl sites for hydroxylation is 1. The predicted octanol–water partition coefficient (Wildman–Crippen LogP) is 1.26. The van der Waals surface area contributed by atoms with Gasteiger partial charge in [0.15, 0.2) is 22.8 Å². The monoisotopic (exact) mass is 382 g/mol. The van der Waals surface area contributed by atoms with Gasteiger partial charge in [0.05, 0.1) is 18.8 Å². The van der Waals surface area contributed by atoms with E-state index in [1.807, 2.05) is 4.57 Å². The van der Waals surface area contributed by atoms with Crippen LogP contribution in [0.5, 0.6) is 6.01 Å². The highest BCUT2D eigenvalue weighted by Gasteiger charge is 2.32.